The van der Waals surface area contributed by atoms with E-state index in [-0.39, 0.29) is 42.3 Å². The van der Waals surface area contributed by atoms with E-state index in [0.717, 1.165) is 51.4 Å². The fourth-order valence-corrected chi connectivity index (χ4v) is 4.90. The largest absolute Gasteiger partial charge is 0.353 e. The number of nitrogens with zero attached hydrogens (tertiary/aromatic N) is 2. The molecule has 4 aliphatic carbocycles. The van der Waals surface area contributed by atoms with Crippen molar-refractivity contribution in [3.05, 3.63) is 0 Å². The van der Waals surface area contributed by atoms with E-state index < -0.39 is 12.2 Å². The SMILES string of the molecule is N#C[C@@H]1C[C@H](F)CN1C(=O)CNC12CCC(C(=O)NC3CC3)(CC1)CC2. The lowest BCUT2D eigenvalue weighted by molar-refractivity contribution is -0.139. The number of nitriles is 1. The van der Waals surface area contributed by atoms with E-state index in [1.807, 2.05) is 6.07 Å². The van der Waals surface area contributed by atoms with Crippen LogP contribution in [-0.4, -0.2) is 53.6 Å². The molecule has 6 nitrogen and oxygen atoms in total. The van der Waals surface area contributed by atoms with Crippen molar-refractivity contribution in [1.82, 2.24) is 15.5 Å². The summed E-state index contributed by atoms with van der Waals surface area (Å²) in [4.78, 5) is 26.4. The molecule has 0 unspecified atom stereocenters. The van der Waals surface area contributed by atoms with Gasteiger partial charge in [-0.25, -0.2) is 4.39 Å². The molecule has 0 aromatic heterocycles. The van der Waals surface area contributed by atoms with Gasteiger partial charge in [-0.1, -0.05) is 0 Å². The van der Waals surface area contributed by atoms with Gasteiger partial charge in [0.1, 0.15) is 12.2 Å². The Kier molecular flexibility index (Phi) is 4.42. The molecular formula is C19H27FN4O2. The zero-order valence-electron chi connectivity index (χ0n) is 15.1. The number of alkyl halides is 1. The van der Waals surface area contributed by atoms with Crippen molar-refractivity contribution in [2.24, 2.45) is 5.41 Å². The average molecular weight is 362 g/mol. The third-order valence-corrected chi connectivity index (χ3v) is 6.97. The van der Waals surface area contributed by atoms with Crippen molar-refractivity contribution in [1.29, 1.82) is 5.26 Å². The first-order chi connectivity index (χ1) is 12.5. The maximum atomic E-state index is 13.5. The Morgan fingerprint density at radius 1 is 1.15 bits per heavy atom. The molecule has 2 bridgehead atoms. The number of hydrogen-bond donors (Lipinski definition) is 2. The molecule has 5 fully saturated rings. The predicted octanol–water partition coefficient (Wildman–Crippen LogP) is 1.41. The molecular weight excluding hydrogens is 335 g/mol. The quantitative estimate of drug-likeness (QED) is 0.774. The van der Waals surface area contributed by atoms with Gasteiger partial charge in [0.25, 0.3) is 0 Å². The molecule has 1 saturated heterocycles. The van der Waals surface area contributed by atoms with E-state index in [4.69, 9.17) is 5.26 Å². The summed E-state index contributed by atoms with van der Waals surface area (Å²) < 4.78 is 13.5. The Morgan fingerprint density at radius 3 is 2.38 bits per heavy atom. The Morgan fingerprint density at radius 2 is 1.81 bits per heavy atom. The fraction of sp³-hybridized carbons (Fsp3) is 0.842. The van der Waals surface area contributed by atoms with E-state index >= 15 is 0 Å². The van der Waals surface area contributed by atoms with Crippen LogP contribution in [0.25, 0.3) is 0 Å². The minimum atomic E-state index is -1.10. The first-order valence-electron chi connectivity index (χ1n) is 9.85. The van der Waals surface area contributed by atoms with Crippen LogP contribution in [0.15, 0.2) is 0 Å². The van der Waals surface area contributed by atoms with Crippen LogP contribution in [0.1, 0.15) is 57.8 Å². The maximum absolute atomic E-state index is 13.5. The lowest BCUT2D eigenvalue weighted by atomic mass is 9.57. The second-order valence-electron chi connectivity index (χ2n) is 8.69. The van der Waals surface area contributed by atoms with Crippen LogP contribution in [0.3, 0.4) is 0 Å². The second kappa shape index (κ2) is 6.49. The molecule has 0 aromatic rings. The molecule has 142 valence electrons. The lowest BCUT2D eigenvalue weighted by Gasteiger charge is -2.53. The Bertz CT molecular complexity index is 617. The number of hydrogen-bond acceptors (Lipinski definition) is 4. The first kappa shape index (κ1) is 17.7. The molecule has 2 N–H and O–H groups in total. The molecule has 26 heavy (non-hydrogen) atoms. The van der Waals surface area contributed by atoms with E-state index in [9.17, 15) is 14.0 Å². The highest BCUT2D eigenvalue weighted by atomic mass is 19.1. The molecule has 2 atom stereocenters. The van der Waals surface area contributed by atoms with Gasteiger partial charge in [0.2, 0.25) is 11.8 Å². The van der Waals surface area contributed by atoms with Gasteiger partial charge in [-0.15, -0.1) is 0 Å². The molecule has 5 aliphatic rings. The van der Waals surface area contributed by atoms with Crippen LogP contribution >= 0.6 is 0 Å². The number of amides is 2. The van der Waals surface area contributed by atoms with Gasteiger partial charge >= 0.3 is 0 Å². The number of rotatable bonds is 5. The minimum absolute atomic E-state index is 0.0240. The summed E-state index contributed by atoms with van der Waals surface area (Å²) in [5.41, 5.74) is -0.299. The summed E-state index contributed by atoms with van der Waals surface area (Å²) in [6.07, 6.45) is 6.51. The molecule has 1 heterocycles. The summed E-state index contributed by atoms with van der Waals surface area (Å²) >= 11 is 0. The Labute approximate surface area is 153 Å². The van der Waals surface area contributed by atoms with E-state index in [0.29, 0.717) is 6.04 Å². The van der Waals surface area contributed by atoms with Crippen LogP contribution in [0.5, 0.6) is 0 Å². The van der Waals surface area contributed by atoms with E-state index in [1.165, 1.54) is 4.90 Å². The number of nitrogens with one attached hydrogen (secondary N) is 2. The van der Waals surface area contributed by atoms with Crippen LogP contribution in [-0.2, 0) is 9.59 Å². The molecule has 0 aromatic carbocycles. The number of carbonyl (C=O) groups is 2. The van der Waals surface area contributed by atoms with Gasteiger partial charge in [-0.2, -0.15) is 5.26 Å². The topological polar surface area (TPSA) is 85.2 Å². The fourth-order valence-electron chi connectivity index (χ4n) is 4.90. The van der Waals surface area contributed by atoms with Gasteiger partial charge in [-0.3, -0.25) is 9.59 Å². The normalized spacial score (nSPS) is 38.8. The van der Waals surface area contributed by atoms with Crippen LogP contribution in [0.4, 0.5) is 4.39 Å². The summed E-state index contributed by atoms with van der Waals surface area (Å²) in [7, 11) is 0. The monoisotopic (exact) mass is 362 g/mol. The molecule has 2 amide bonds. The second-order valence-corrected chi connectivity index (χ2v) is 8.69. The van der Waals surface area contributed by atoms with E-state index in [2.05, 4.69) is 10.6 Å². The standard InChI is InChI=1S/C19H27FN4O2/c20-13-9-15(10-21)24(12-13)16(25)11-22-19-6-3-18(4-7-19,5-8-19)17(26)23-14-1-2-14/h13-15,22H,1-9,11-12H2,(H,23,26)/t13-,15-,18?,19?/m0/s1. The third kappa shape index (κ3) is 3.20. The highest BCUT2D eigenvalue weighted by Gasteiger charge is 2.53. The zero-order chi connectivity index (χ0) is 18.4. The lowest BCUT2D eigenvalue weighted by Crippen LogP contribution is -2.60. The first-order valence-corrected chi connectivity index (χ1v) is 9.85. The van der Waals surface area contributed by atoms with Crippen molar-refractivity contribution in [2.75, 3.05) is 13.1 Å². The van der Waals surface area contributed by atoms with Gasteiger partial charge in [0.05, 0.1) is 19.2 Å². The van der Waals surface area contributed by atoms with Gasteiger partial charge < -0.3 is 15.5 Å². The van der Waals surface area contributed by atoms with Crippen LogP contribution < -0.4 is 10.6 Å². The smallest absolute Gasteiger partial charge is 0.237 e. The van der Waals surface area contributed by atoms with Crippen molar-refractivity contribution < 1.29 is 14.0 Å². The van der Waals surface area contributed by atoms with Crippen LogP contribution in [0, 0.1) is 16.7 Å². The highest BCUT2D eigenvalue weighted by Crippen LogP contribution is 2.52. The molecule has 0 radical (unpaired) electrons. The molecule has 0 spiro atoms. The molecule has 7 heteroatoms. The van der Waals surface area contributed by atoms with E-state index in [1.54, 1.807) is 0 Å². The van der Waals surface area contributed by atoms with Crippen molar-refractivity contribution in [3.63, 3.8) is 0 Å². The van der Waals surface area contributed by atoms with Crippen molar-refractivity contribution >= 4 is 11.8 Å². The summed E-state index contributed by atoms with van der Waals surface area (Å²) in [5, 5.41) is 15.7. The predicted molar refractivity (Wildman–Crippen MR) is 92.7 cm³/mol. The van der Waals surface area contributed by atoms with Gasteiger partial charge in [0.15, 0.2) is 0 Å². The summed E-state index contributed by atoms with van der Waals surface area (Å²) in [6, 6.07) is 1.78. The summed E-state index contributed by atoms with van der Waals surface area (Å²) in [5.74, 6) is 0.0345. The zero-order valence-corrected chi connectivity index (χ0v) is 15.1. The van der Waals surface area contributed by atoms with Crippen molar-refractivity contribution in [3.8, 4) is 6.07 Å². The average Bonchev–Trinajstić information content (AvgIpc) is 3.40. The Hall–Kier alpha value is -1.68. The highest BCUT2D eigenvalue weighted by molar-refractivity contribution is 5.83. The molecule has 4 saturated carbocycles. The van der Waals surface area contributed by atoms with Crippen LogP contribution in [0.2, 0.25) is 0 Å². The third-order valence-electron chi connectivity index (χ3n) is 6.97. The minimum Gasteiger partial charge on any atom is -0.353 e. The van der Waals surface area contributed by atoms with Gasteiger partial charge in [0, 0.05) is 23.4 Å². The maximum Gasteiger partial charge on any atom is 0.237 e. The summed E-state index contributed by atoms with van der Waals surface area (Å²) in [6.45, 7) is 0.169. The molecule has 1 aliphatic heterocycles. The number of fused-ring (bicyclic) bond motifs is 3. The number of likely N-dealkylation sites (tertiary alicyclic amines) is 1. The van der Waals surface area contributed by atoms with Gasteiger partial charge in [-0.05, 0) is 51.4 Å². The van der Waals surface area contributed by atoms with Crippen molar-refractivity contribution in [2.45, 2.75) is 81.6 Å². The number of carbonyl (C=O) groups excluding carboxylic acids is 2. The Balaban J connectivity index is 1.31. The number of halogens is 1. The molecule has 5 rings (SSSR count).